The molecule has 0 radical (unpaired) electrons. The van der Waals surface area contributed by atoms with Crippen LogP contribution < -0.4 is 14.2 Å². The largest absolute Gasteiger partial charge is 0.486 e. The number of nitrogens with zero attached hydrogens (tertiary/aromatic N) is 2. The summed E-state index contributed by atoms with van der Waals surface area (Å²) in [6.45, 7) is 2.72. The fourth-order valence-corrected chi connectivity index (χ4v) is 3.48. The second-order valence-electron chi connectivity index (χ2n) is 5.37. The maximum absolute atomic E-state index is 11.7. The molecule has 3 rings (SSSR count). The van der Waals surface area contributed by atoms with Crippen LogP contribution in [0.1, 0.15) is 13.3 Å². The van der Waals surface area contributed by atoms with E-state index in [4.69, 9.17) is 9.47 Å². The molecule has 0 amide bonds. The molecule has 0 saturated carbocycles. The number of nitrogens with one attached hydrogen (secondary N) is 1. The van der Waals surface area contributed by atoms with Crippen LogP contribution >= 0.6 is 0 Å². The van der Waals surface area contributed by atoms with E-state index in [2.05, 4.69) is 9.82 Å². The molecule has 1 aliphatic rings. The van der Waals surface area contributed by atoms with Gasteiger partial charge in [0.1, 0.15) is 6.61 Å². The maximum atomic E-state index is 11.7. The summed E-state index contributed by atoms with van der Waals surface area (Å²) in [4.78, 5) is 0. The number of ether oxygens (including phenoxy) is 2. The summed E-state index contributed by atoms with van der Waals surface area (Å²) in [5, 5.41) is 4.16. The molecule has 1 atom stereocenters. The van der Waals surface area contributed by atoms with Crippen LogP contribution in [0.3, 0.4) is 0 Å². The number of para-hydroxylation sites is 2. The van der Waals surface area contributed by atoms with E-state index in [1.165, 1.54) is 6.20 Å². The molecule has 23 heavy (non-hydrogen) atoms. The first-order valence-electron chi connectivity index (χ1n) is 7.47. The van der Waals surface area contributed by atoms with E-state index in [0.29, 0.717) is 31.0 Å². The standard InChI is InChI=1S/C15H19N3O4S/c1-2-7-23(19,20)17-12-8-16-18(9-12)10-13-11-21-14-5-3-4-6-15(14)22-13/h3-6,8-9,13,17H,2,7,10-11H2,1H3. The Labute approximate surface area is 135 Å². The maximum Gasteiger partial charge on any atom is 0.232 e. The van der Waals surface area contributed by atoms with Crippen LogP contribution in [0.2, 0.25) is 0 Å². The van der Waals surface area contributed by atoms with Gasteiger partial charge in [0, 0.05) is 6.20 Å². The van der Waals surface area contributed by atoms with Gasteiger partial charge >= 0.3 is 0 Å². The number of aromatic nitrogens is 2. The molecule has 8 heteroatoms. The minimum Gasteiger partial charge on any atom is -0.486 e. The zero-order valence-corrected chi connectivity index (χ0v) is 13.6. The van der Waals surface area contributed by atoms with Crippen molar-refractivity contribution < 1.29 is 17.9 Å². The Kier molecular flexibility index (Phi) is 4.42. The van der Waals surface area contributed by atoms with Gasteiger partial charge in [-0.25, -0.2) is 8.42 Å². The van der Waals surface area contributed by atoms with Crippen molar-refractivity contribution in [1.82, 2.24) is 9.78 Å². The molecule has 1 aliphatic heterocycles. The first-order chi connectivity index (χ1) is 11.1. The highest BCUT2D eigenvalue weighted by Crippen LogP contribution is 2.31. The van der Waals surface area contributed by atoms with Crippen LogP contribution in [0.15, 0.2) is 36.7 Å². The number of hydrogen-bond acceptors (Lipinski definition) is 5. The van der Waals surface area contributed by atoms with Crippen molar-refractivity contribution in [3.8, 4) is 11.5 Å². The average Bonchev–Trinajstić information content (AvgIpc) is 2.93. The van der Waals surface area contributed by atoms with Crippen molar-refractivity contribution in [3.05, 3.63) is 36.7 Å². The topological polar surface area (TPSA) is 82.5 Å². The Morgan fingerprint density at radius 1 is 1.35 bits per heavy atom. The Bertz CT molecular complexity index is 773. The van der Waals surface area contributed by atoms with Crippen molar-refractivity contribution in [2.45, 2.75) is 26.0 Å². The van der Waals surface area contributed by atoms with E-state index in [1.54, 1.807) is 10.9 Å². The molecular weight excluding hydrogens is 318 g/mol. The quantitative estimate of drug-likeness (QED) is 0.870. The van der Waals surface area contributed by atoms with E-state index < -0.39 is 10.0 Å². The lowest BCUT2D eigenvalue weighted by Gasteiger charge is -2.26. The van der Waals surface area contributed by atoms with Crippen LogP contribution in [0.5, 0.6) is 11.5 Å². The minimum atomic E-state index is -3.30. The van der Waals surface area contributed by atoms with Crippen LogP contribution in [0.4, 0.5) is 5.69 Å². The van der Waals surface area contributed by atoms with Gasteiger partial charge in [-0.15, -0.1) is 0 Å². The van der Waals surface area contributed by atoms with Crippen LogP contribution in [0.25, 0.3) is 0 Å². The van der Waals surface area contributed by atoms with Crippen LogP contribution in [-0.4, -0.2) is 36.7 Å². The molecule has 1 unspecified atom stereocenters. The molecule has 7 nitrogen and oxygen atoms in total. The molecule has 0 spiro atoms. The number of rotatable bonds is 6. The number of fused-ring (bicyclic) bond motifs is 1. The zero-order valence-electron chi connectivity index (χ0n) is 12.8. The predicted molar refractivity (Wildman–Crippen MR) is 86.3 cm³/mol. The minimum absolute atomic E-state index is 0.0918. The molecular formula is C15H19N3O4S. The van der Waals surface area contributed by atoms with Crippen molar-refractivity contribution in [3.63, 3.8) is 0 Å². The second kappa shape index (κ2) is 6.49. The Morgan fingerprint density at radius 2 is 2.13 bits per heavy atom. The Morgan fingerprint density at radius 3 is 2.91 bits per heavy atom. The molecule has 0 fully saturated rings. The summed E-state index contributed by atoms with van der Waals surface area (Å²) in [5.41, 5.74) is 0.454. The molecule has 0 bridgehead atoms. The summed E-state index contributed by atoms with van der Waals surface area (Å²) in [6.07, 6.45) is 3.53. The summed E-state index contributed by atoms with van der Waals surface area (Å²) in [5.74, 6) is 1.53. The summed E-state index contributed by atoms with van der Waals surface area (Å²) in [6, 6.07) is 7.50. The Balaban J connectivity index is 1.62. The normalized spacial score (nSPS) is 17.0. The highest BCUT2D eigenvalue weighted by Gasteiger charge is 2.21. The number of anilines is 1. The van der Waals surface area contributed by atoms with Gasteiger partial charge in [0.2, 0.25) is 10.0 Å². The van der Waals surface area contributed by atoms with E-state index in [1.807, 2.05) is 31.2 Å². The van der Waals surface area contributed by atoms with Gasteiger partial charge in [0.05, 0.1) is 24.2 Å². The SMILES string of the molecule is CCCS(=O)(=O)Nc1cnn(CC2COc3ccccc3O2)c1. The third kappa shape index (κ3) is 3.95. The molecule has 124 valence electrons. The van der Waals surface area contributed by atoms with Gasteiger partial charge in [0.25, 0.3) is 0 Å². The molecule has 1 aromatic heterocycles. The highest BCUT2D eigenvalue weighted by atomic mass is 32.2. The zero-order chi connectivity index (χ0) is 16.3. The fourth-order valence-electron chi connectivity index (χ4n) is 2.38. The fraction of sp³-hybridized carbons (Fsp3) is 0.400. The lowest BCUT2D eigenvalue weighted by Crippen LogP contribution is -2.33. The van der Waals surface area contributed by atoms with Crippen LogP contribution in [0, 0.1) is 0 Å². The van der Waals surface area contributed by atoms with Crippen molar-refractivity contribution in [2.24, 2.45) is 0 Å². The smallest absolute Gasteiger partial charge is 0.232 e. The van der Waals surface area contributed by atoms with Crippen molar-refractivity contribution >= 4 is 15.7 Å². The molecule has 2 aromatic rings. The number of sulfonamides is 1. The number of benzene rings is 1. The molecule has 2 heterocycles. The van der Waals surface area contributed by atoms with Gasteiger partial charge in [0.15, 0.2) is 17.6 Å². The molecule has 0 aliphatic carbocycles. The highest BCUT2D eigenvalue weighted by molar-refractivity contribution is 7.92. The third-order valence-electron chi connectivity index (χ3n) is 3.34. The lowest BCUT2D eigenvalue weighted by molar-refractivity contribution is 0.0759. The van der Waals surface area contributed by atoms with E-state index in [-0.39, 0.29) is 11.9 Å². The van der Waals surface area contributed by atoms with Crippen molar-refractivity contribution in [2.75, 3.05) is 17.1 Å². The third-order valence-corrected chi connectivity index (χ3v) is 4.83. The van der Waals surface area contributed by atoms with Crippen LogP contribution in [-0.2, 0) is 16.6 Å². The monoisotopic (exact) mass is 337 g/mol. The summed E-state index contributed by atoms with van der Waals surface area (Å²) >= 11 is 0. The average molecular weight is 337 g/mol. The van der Waals surface area contributed by atoms with E-state index in [0.717, 1.165) is 5.75 Å². The Hall–Kier alpha value is -2.22. The number of hydrogen-bond donors (Lipinski definition) is 1. The van der Waals surface area contributed by atoms with Gasteiger partial charge in [-0.1, -0.05) is 19.1 Å². The van der Waals surface area contributed by atoms with Gasteiger partial charge in [-0.2, -0.15) is 5.10 Å². The predicted octanol–water partition coefficient (Wildman–Crippen LogP) is 1.87. The van der Waals surface area contributed by atoms with Gasteiger partial charge < -0.3 is 9.47 Å². The second-order valence-corrected chi connectivity index (χ2v) is 7.21. The molecule has 1 N–H and O–H groups in total. The first-order valence-corrected chi connectivity index (χ1v) is 9.12. The summed E-state index contributed by atoms with van der Waals surface area (Å²) in [7, 11) is -3.30. The molecule has 1 aromatic carbocycles. The van der Waals surface area contributed by atoms with Gasteiger partial charge in [-0.3, -0.25) is 9.40 Å². The first kappa shape index (κ1) is 15.7. The van der Waals surface area contributed by atoms with Gasteiger partial charge in [-0.05, 0) is 18.6 Å². The van der Waals surface area contributed by atoms with E-state index >= 15 is 0 Å². The van der Waals surface area contributed by atoms with Crippen molar-refractivity contribution in [1.29, 1.82) is 0 Å². The lowest BCUT2D eigenvalue weighted by atomic mass is 10.2. The summed E-state index contributed by atoms with van der Waals surface area (Å²) < 4.78 is 39.2. The van der Waals surface area contributed by atoms with E-state index in [9.17, 15) is 8.42 Å². The molecule has 0 saturated heterocycles.